The molecule has 0 amide bonds. The molecule has 0 bridgehead atoms. The zero-order valence-electron chi connectivity index (χ0n) is 6.01. The van der Waals surface area contributed by atoms with Crippen molar-refractivity contribution < 1.29 is 4.39 Å². The van der Waals surface area contributed by atoms with E-state index >= 15 is 0 Å². The molecule has 0 aliphatic carbocycles. The molecule has 0 saturated carbocycles. The van der Waals surface area contributed by atoms with Crippen LogP contribution < -0.4 is 0 Å². The van der Waals surface area contributed by atoms with Gasteiger partial charge in [0.2, 0.25) is 0 Å². The average molecular weight is 172 g/mol. The van der Waals surface area contributed by atoms with Gasteiger partial charge in [0.05, 0.1) is 0 Å². The van der Waals surface area contributed by atoms with E-state index in [-0.39, 0.29) is 5.82 Å². The fourth-order valence-corrected chi connectivity index (χ4v) is 0.904. The molecule has 0 unspecified atom stereocenters. The molecule has 0 saturated heterocycles. The molecule has 1 nitrogen and oxygen atoms in total. The van der Waals surface area contributed by atoms with Gasteiger partial charge in [0, 0.05) is 23.8 Å². The van der Waals surface area contributed by atoms with Gasteiger partial charge in [0.15, 0.2) is 0 Å². The van der Waals surface area contributed by atoms with Gasteiger partial charge in [-0.3, -0.25) is 4.99 Å². The first-order chi connectivity index (χ1) is 5.24. The Morgan fingerprint density at radius 3 is 2.82 bits per heavy atom. The van der Waals surface area contributed by atoms with Gasteiger partial charge in [-0.05, 0) is 18.2 Å². The Morgan fingerprint density at radius 1 is 1.55 bits per heavy atom. The number of rotatable bonds is 1. The van der Waals surface area contributed by atoms with Crippen molar-refractivity contribution in [2.75, 3.05) is 7.05 Å². The summed E-state index contributed by atoms with van der Waals surface area (Å²) in [5.41, 5.74) is 0.455. The van der Waals surface area contributed by atoms with Gasteiger partial charge >= 0.3 is 0 Å². The van der Waals surface area contributed by atoms with Crippen LogP contribution in [0.4, 0.5) is 4.39 Å². The highest BCUT2D eigenvalue weighted by molar-refractivity contribution is 6.30. The Balaban J connectivity index is 3.09. The Morgan fingerprint density at radius 2 is 2.27 bits per heavy atom. The highest BCUT2D eigenvalue weighted by Crippen LogP contribution is 2.12. The molecule has 0 aliphatic rings. The largest absolute Gasteiger partial charge is 0.296 e. The van der Waals surface area contributed by atoms with Crippen molar-refractivity contribution in [3.63, 3.8) is 0 Å². The molecule has 0 radical (unpaired) electrons. The van der Waals surface area contributed by atoms with Crippen LogP contribution in [-0.2, 0) is 0 Å². The third kappa shape index (κ3) is 2.02. The molecule has 0 N–H and O–H groups in total. The number of nitrogens with zero attached hydrogens (tertiary/aromatic N) is 1. The Kier molecular flexibility index (Phi) is 2.60. The maximum Gasteiger partial charge on any atom is 0.133 e. The first kappa shape index (κ1) is 8.21. The summed E-state index contributed by atoms with van der Waals surface area (Å²) < 4.78 is 12.9. The maximum absolute atomic E-state index is 12.9. The third-order valence-electron chi connectivity index (χ3n) is 1.23. The van der Waals surface area contributed by atoms with Gasteiger partial charge in [0.25, 0.3) is 0 Å². The SMILES string of the molecule is CN=Cc1ccc(Cl)cc1F. The van der Waals surface area contributed by atoms with Crippen molar-refractivity contribution in [1.82, 2.24) is 0 Å². The van der Waals surface area contributed by atoms with E-state index in [1.807, 2.05) is 0 Å². The summed E-state index contributed by atoms with van der Waals surface area (Å²) in [5.74, 6) is -0.344. The lowest BCUT2D eigenvalue weighted by atomic mass is 10.2. The monoisotopic (exact) mass is 171 g/mol. The minimum absolute atomic E-state index is 0.344. The molecule has 1 rings (SSSR count). The van der Waals surface area contributed by atoms with Gasteiger partial charge in [-0.1, -0.05) is 11.6 Å². The Hall–Kier alpha value is -0.890. The molecule has 0 heterocycles. The minimum Gasteiger partial charge on any atom is -0.296 e. The van der Waals surface area contributed by atoms with Gasteiger partial charge in [-0.25, -0.2) is 4.39 Å². The van der Waals surface area contributed by atoms with Crippen LogP contribution in [0, 0.1) is 5.82 Å². The fraction of sp³-hybridized carbons (Fsp3) is 0.125. The zero-order chi connectivity index (χ0) is 8.27. The number of benzene rings is 1. The summed E-state index contributed by atoms with van der Waals surface area (Å²) in [7, 11) is 1.59. The highest BCUT2D eigenvalue weighted by atomic mass is 35.5. The van der Waals surface area contributed by atoms with E-state index in [0.717, 1.165) is 0 Å². The zero-order valence-corrected chi connectivity index (χ0v) is 6.77. The summed E-state index contributed by atoms with van der Waals surface area (Å²) in [5, 5.41) is 0.399. The van der Waals surface area contributed by atoms with Gasteiger partial charge in [0.1, 0.15) is 5.82 Å². The van der Waals surface area contributed by atoms with Crippen LogP contribution in [-0.4, -0.2) is 13.3 Å². The minimum atomic E-state index is -0.344. The average Bonchev–Trinajstić information content (AvgIpc) is 1.95. The molecule has 0 aliphatic heterocycles. The van der Waals surface area contributed by atoms with Crippen LogP contribution in [0.15, 0.2) is 23.2 Å². The van der Waals surface area contributed by atoms with Crippen LogP contribution in [0.25, 0.3) is 0 Å². The second-order valence-corrected chi connectivity index (χ2v) is 2.49. The molecular weight excluding hydrogens is 165 g/mol. The van der Waals surface area contributed by atoms with Crippen molar-refractivity contribution in [1.29, 1.82) is 0 Å². The number of hydrogen-bond acceptors (Lipinski definition) is 1. The lowest BCUT2D eigenvalue weighted by molar-refractivity contribution is 0.626. The van der Waals surface area contributed by atoms with Crippen molar-refractivity contribution in [2.24, 2.45) is 4.99 Å². The van der Waals surface area contributed by atoms with E-state index in [2.05, 4.69) is 4.99 Å². The Labute approximate surface area is 69.5 Å². The fourth-order valence-electron chi connectivity index (χ4n) is 0.745. The lowest BCUT2D eigenvalue weighted by Crippen LogP contribution is -1.86. The van der Waals surface area contributed by atoms with E-state index in [1.165, 1.54) is 12.3 Å². The third-order valence-corrected chi connectivity index (χ3v) is 1.47. The second-order valence-electron chi connectivity index (χ2n) is 2.05. The van der Waals surface area contributed by atoms with E-state index in [0.29, 0.717) is 10.6 Å². The predicted molar refractivity (Wildman–Crippen MR) is 44.9 cm³/mol. The molecule has 1 aromatic rings. The van der Waals surface area contributed by atoms with Crippen LogP contribution >= 0.6 is 11.6 Å². The van der Waals surface area contributed by atoms with Crippen molar-refractivity contribution >= 4 is 17.8 Å². The normalized spacial score (nSPS) is 10.8. The highest BCUT2D eigenvalue weighted by Gasteiger charge is 1.98. The van der Waals surface area contributed by atoms with Crippen molar-refractivity contribution in [3.8, 4) is 0 Å². The molecule has 11 heavy (non-hydrogen) atoms. The van der Waals surface area contributed by atoms with E-state index < -0.39 is 0 Å². The van der Waals surface area contributed by atoms with Gasteiger partial charge in [-0.2, -0.15) is 0 Å². The summed E-state index contributed by atoms with van der Waals surface area (Å²) in [6.07, 6.45) is 1.45. The van der Waals surface area contributed by atoms with Crippen molar-refractivity contribution in [3.05, 3.63) is 34.6 Å². The summed E-state index contributed by atoms with van der Waals surface area (Å²) in [4.78, 5) is 3.69. The predicted octanol–water partition coefficient (Wildman–Crippen LogP) is 2.53. The second kappa shape index (κ2) is 3.49. The molecule has 58 valence electrons. The van der Waals surface area contributed by atoms with Crippen LogP contribution in [0.5, 0.6) is 0 Å². The smallest absolute Gasteiger partial charge is 0.133 e. The standard InChI is InChI=1S/C8H7ClFN/c1-11-5-6-2-3-7(9)4-8(6)10/h2-5H,1H3. The van der Waals surface area contributed by atoms with Crippen LogP contribution in [0.3, 0.4) is 0 Å². The van der Waals surface area contributed by atoms with Crippen LogP contribution in [0.2, 0.25) is 5.02 Å². The van der Waals surface area contributed by atoms with Crippen LogP contribution in [0.1, 0.15) is 5.56 Å². The topological polar surface area (TPSA) is 12.4 Å². The van der Waals surface area contributed by atoms with E-state index in [4.69, 9.17) is 11.6 Å². The molecular formula is C8H7ClFN. The maximum atomic E-state index is 12.9. The summed E-state index contributed by atoms with van der Waals surface area (Å²) in [6.45, 7) is 0. The first-order valence-electron chi connectivity index (χ1n) is 3.11. The van der Waals surface area contributed by atoms with Gasteiger partial charge < -0.3 is 0 Å². The van der Waals surface area contributed by atoms with E-state index in [9.17, 15) is 4.39 Å². The molecule has 1 aromatic carbocycles. The quantitative estimate of drug-likeness (QED) is 0.576. The Bertz CT molecular complexity index is 283. The number of halogens is 2. The number of aliphatic imine (C=N–C) groups is 1. The molecule has 0 atom stereocenters. The summed E-state index contributed by atoms with van der Waals surface area (Å²) >= 11 is 5.53. The van der Waals surface area contributed by atoms with E-state index in [1.54, 1.807) is 19.2 Å². The van der Waals surface area contributed by atoms with Gasteiger partial charge in [-0.15, -0.1) is 0 Å². The lowest BCUT2D eigenvalue weighted by Gasteiger charge is -1.94. The first-order valence-corrected chi connectivity index (χ1v) is 3.49. The molecule has 0 fully saturated rings. The van der Waals surface area contributed by atoms with Crippen molar-refractivity contribution in [2.45, 2.75) is 0 Å². The summed E-state index contributed by atoms with van der Waals surface area (Å²) in [6, 6.07) is 4.48. The molecule has 3 heteroatoms. The molecule has 0 aromatic heterocycles. The molecule has 0 spiro atoms. The number of hydrogen-bond donors (Lipinski definition) is 0.